The predicted molar refractivity (Wildman–Crippen MR) is 111 cm³/mol. The van der Waals surface area contributed by atoms with Gasteiger partial charge in [0.15, 0.2) is 11.0 Å². The number of rotatable bonds is 5. The number of thioether (sulfide) groups is 1. The number of hydrogen-bond acceptors (Lipinski definition) is 4. The second-order valence-electron chi connectivity index (χ2n) is 7.16. The Labute approximate surface area is 169 Å². The molecular formula is C21H23ClN4S. The van der Waals surface area contributed by atoms with Crippen molar-refractivity contribution in [2.75, 3.05) is 0 Å². The zero-order valence-electron chi connectivity index (χ0n) is 15.4. The number of pyridine rings is 1. The molecule has 4 rings (SSSR count). The molecule has 0 saturated heterocycles. The highest BCUT2D eigenvalue weighted by Gasteiger charge is 2.28. The van der Waals surface area contributed by atoms with Crippen LogP contribution >= 0.6 is 23.4 Å². The van der Waals surface area contributed by atoms with Crippen molar-refractivity contribution in [2.45, 2.75) is 49.6 Å². The summed E-state index contributed by atoms with van der Waals surface area (Å²) in [5.41, 5.74) is 2.26. The Balaban J connectivity index is 1.66. The van der Waals surface area contributed by atoms with E-state index in [2.05, 4.69) is 44.9 Å². The summed E-state index contributed by atoms with van der Waals surface area (Å²) in [6.45, 7) is 2.35. The SMILES string of the molecule is CC1CCCCC1n1c(SCc2ccc(Cl)cc2)nnc1-c1cccnc1. The fourth-order valence-corrected chi connectivity index (χ4v) is 4.85. The summed E-state index contributed by atoms with van der Waals surface area (Å²) in [7, 11) is 0. The molecule has 1 aromatic carbocycles. The summed E-state index contributed by atoms with van der Waals surface area (Å²) < 4.78 is 2.36. The minimum Gasteiger partial charge on any atom is -0.299 e. The lowest BCUT2D eigenvalue weighted by atomic mass is 9.85. The smallest absolute Gasteiger partial charge is 0.192 e. The molecule has 0 aliphatic heterocycles. The van der Waals surface area contributed by atoms with Crippen molar-refractivity contribution in [3.63, 3.8) is 0 Å². The van der Waals surface area contributed by atoms with E-state index in [9.17, 15) is 0 Å². The molecule has 0 radical (unpaired) electrons. The Morgan fingerprint density at radius 1 is 1.11 bits per heavy atom. The molecule has 1 aliphatic rings. The van der Waals surface area contributed by atoms with E-state index in [1.807, 2.05) is 24.4 Å². The van der Waals surface area contributed by atoms with Gasteiger partial charge in [0.05, 0.1) is 0 Å². The quantitative estimate of drug-likeness (QED) is 0.491. The van der Waals surface area contributed by atoms with Crippen molar-refractivity contribution in [1.82, 2.24) is 19.7 Å². The Morgan fingerprint density at radius 3 is 2.67 bits per heavy atom. The van der Waals surface area contributed by atoms with Gasteiger partial charge in [-0.15, -0.1) is 10.2 Å². The monoisotopic (exact) mass is 398 g/mol. The maximum Gasteiger partial charge on any atom is 0.192 e. The summed E-state index contributed by atoms with van der Waals surface area (Å²) in [5.74, 6) is 2.41. The lowest BCUT2D eigenvalue weighted by Crippen LogP contribution is -2.22. The molecule has 27 heavy (non-hydrogen) atoms. The van der Waals surface area contributed by atoms with Crippen LogP contribution in [0.3, 0.4) is 0 Å². The topological polar surface area (TPSA) is 43.6 Å². The lowest BCUT2D eigenvalue weighted by molar-refractivity contribution is 0.247. The van der Waals surface area contributed by atoms with E-state index in [1.54, 1.807) is 18.0 Å². The fourth-order valence-electron chi connectivity index (χ4n) is 3.78. The molecule has 3 aromatic rings. The number of nitrogens with zero attached hydrogens (tertiary/aromatic N) is 4. The average Bonchev–Trinajstić information content (AvgIpc) is 3.12. The highest BCUT2D eigenvalue weighted by atomic mass is 35.5. The zero-order valence-corrected chi connectivity index (χ0v) is 17.0. The van der Waals surface area contributed by atoms with Crippen LogP contribution in [0.2, 0.25) is 5.02 Å². The molecule has 1 fully saturated rings. The van der Waals surface area contributed by atoms with Crippen LogP contribution < -0.4 is 0 Å². The van der Waals surface area contributed by atoms with Crippen LogP contribution in [-0.2, 0) is 5.75 Å². The van der Waals surface area contributed by atoms with Crippen LogP contribution in [0.25, 0.3) is 11.4 Å². The largest absolute Gasteiger partial charge is 0.299 e. The van der Waals surface area contributed by atoms with Gasteiger partial charge in [-0.3, -0.25) is 9.55 Å². The molecule has 140 valence electrons. The zero-order chi connectivity index (χ0) is 18.6. The predicted octanol–water partition coefficient (Wildman–Crippen LogP) is 6.04. The molecule has 4 nitrogen and oxygen atoms in total. The molecule has 2 aromatic heterocycles. The van der Waals surface area contributed by atoms with Gasteiger partial charge in [0.1, 0.15) is 0 Å². The van der Waals surface area contributed by atoms with E-state index in [0.717, 1.165) is 27.3 Å². The van der Waals surface area contributed by atoms with Gasteiger partial charge < -0.3 is 0 Å². The third-order valence-corrected chi connectivity index (χ3v) is 6.53. The first-order chi connectivity index (χ1) is 13.2. The summed E-state index contributed by atoms with van der Waals surface area (Å²) in [4.78, 5) is 4.28. The third-order valence-electron chi connectivity index (χ3n) is 5.26. The molecule has 6 heteroatoms. The van der Waals surface area contributed by atoms with Crippen molar-refractivity contribution in [3.8, 4) is 11.4 Å². The van der Waals surface area contributed by atoms with E-state index >= 15 is 0 Å². The molecule has 2 atom stereocenters. The maximum atomic E-state index is 6.00. The molecular weight excluding hydrogens is 376 g/mol. The van der Waals surface area contributed by atoms with Crippen molar-refractivity contribution >= 4 is 23.4 Å². The number of hydrogen-bond donors (Lipinski definition) is 0. The number of halogens is 1. The first-order valence-electron chi connectivity index (χ1n) is 9.45. The third kappa shape index (κ3) is 4.19. The second kappa shape index (κ2) is 8.44. The van der Waals surface area contributed by atoms with Crippen molar-refractivity contribution in [3.05, 3.63) is 59.4 Å². The molecule has 0 bridgehead atoms. The number of benzene rings is 1. The van der Waals surface area contributed by atoms with Crippen molar-refractivity contribution in [1.29, 1.82) is 0 Å². The maximum absolute atomic E-state index is 6.00. The average molecular weight is 399 g/mol. The van der Waals surface area contributed by atoms with Crippen molar-refractivity contribution in [2.24, 2.45) is 5.92 Å². The van der Waals surface area contributed by atoms with Crippen molar-refractivity contribution < 1.29 is 0 Å². The Morgan fingerprint density at radius 2 is 1.93 bits per heavy atom. The Kier molecular flexibility index (Phi) is 5.79. The highest BCUT2D eigenvalue weighted by Crippen LogP contribution is 2.39. The van der Waals surface area contributed by atoms with Crippen LogP contribution in [0, 0.1) is 5.92 Å². The Hall–Kier alpha value is -1.85. The van der Waals surface area contributed by atoms with E-state index in [4.69, 9.17) is 11.6 Å². The van der Waals surface area contributed by atoms with Crippen LogP contribution in [-0.4, -0.2) is 19.7 Å². The first-order valence-corrected chi connectivity index (χ1v) is 10.8. The van der Waals surface area contributed by atoms with E-state index in [1.165, 1.54) is 31.2 Å². The second-order valence-corrected chi connectivity index (χ2v) is 8.54. The highest BCUT2D eigenvalue weighted by molar-refractivity contribution is 7.98. The molecule has 0 N–H and O–H groups in total. The van der Waals surface area contributed by atoms with Gasteiger partial charge in [-0.25, -0.2) is 0 Å². The minimum atomic E-state index is 0.441. The fraction of sp³-hybridized carbons (Fsp3) is 0.381. The standard InChI is InChI=1S/C21H23ClN4S/c1-15-5-2-3-7-19(15)26-20(17-6-4-12-23-13-17)24-25-21(26)27-14-16-8-10-18(22)11-9-16/h4,6,8-13,15,19H,2-3,5,7,14H2,1H3. The van der Waals surface area contributed by atoms with E-state index in [0.29, 0.717) is 12.0 Å². The van der Waals surface area contributed by atoms with Crippen LogP contribution in [0.5, 0.6) is 0 Å². The molecule has 2 unspecified atom stereocenters. The number of aromatic nitrogens is 4. The summed E-state index contributed by atoms with van der Waals surface area (Å²) in [6.07, 6.45) is 8.69. The molecule has 1 saturated carbocycles. The lowest BCUT2D eigenvalue weighted by Gasteiger charge is -2.31. The van der Waals surface area contributed by atoms with Gasteiger partial charge in [-0.1, -0.05) is 55.3 Å². The van der Waals surface area contributed by atoms with Gasteiger partial charge in [-0.2, -0.15) is 0 Å². The van der Waals surface area contributed by atoms with Crippen LogP contribution in [0.1, 0.15) is 44.2 Å². The Bertz CT molecular complexity index is 879. The van der Waals surface area contributed by atoms with E-state index < -0.39 is 0 Å². The van der Waals surface area contributed by atoms with Gasteiger partial charge in [0.25, 0.3) is 0 Å². The summed E-state index contributed by atoms with van der Waals surface area (Å²) in [5, 5.41) is 10.9. The molecule has 0 amide bonds. The van der Waals surface area contributed by atoms with Gasteiger partial charge in [-0.05, 0) is 48.6 Å². The molecule has 0 spiro atoms. The minimum absolute atomic E-state index is 0.441. The van der Waals surface area contributed by atoms with Crippen LogP contribution in [0.15, 0.2) is 53.9 Å². The first kappa shape index (κ1) is 18.5. The van der Waals surface area contributed by atoms with Crippen LogP contribution in [0.4, 0.5) is 0 Å². The van der Waals surface area contributed by atoms with Gasteiger partial charge >= 0.3 is 0 Å². The summed E-state index contributed by atoms with van der Waals surface area (Å²) in [6, 6.07) is 12.5. The van der Waals surface area contributed by atoms with Gasteiger partial charge in [0, 0.05) is 34.8 Å². The van der Waals surface area contributed by atoms with E-state index in [-0.39, 0.29) is 0 Å². The normalized spacial score (nSPS) is 19.9. The molecule has 2 heterocycles. The molecule has 1 aliphatic carbocycles. The summed E-state index contributed by atoms with van der Waals surface area (Å²) >= 11 is 7.75. The van der Waals surface area contributed by atoms with Gasteiger partial charge in [0.2, 0.25) is 0 Å².